The number of hydrogen-bond donors (Lipinski definition) is 4. The van der Waals surface area contributed by atoms with Crippen molar-refractivity contribution in [2.45, 2.75) is 135 Å². The third-order valence-electron chi connectivity index (χ3n) is 5.50. The van der Waals surface area contributed by atoms with Gasteiger partial charge < -0.3 is 20.6 Å². The van der Waals surface area contributed by atoms with Crippen LogP contribution in [0, 0.1) is 0 Å². The Morgan fingerprint density at radius 2 is 1.25 bits per heavy atom. The van der Waals surface area contributed by atoms with Gasteiger partial charge >= 0.3 is 0 Å². The number of aliphatic hydroxyl groups is 3. The lowest BCUT2D eigenvalue weighted by Crippen LogP contribution is -2.46. The van der Waals surface area contributed by atoms with Gasteiger partial charge in [0, 0.05) is 0 Å². The van der Waals surface area contributed by atoms with Crippen molar-refractivity contribution in [1.29, 1.82) is 0 Å². The molecule has 0 heterocycles. The third-order valence-corrected chi connectivity index (χ3v) is 5.50. The molecule has 5 heteroatoms. The summed E-state index contributed by atoms with van der Waals surface area (Å²) in [4.78, 5) is 11.8. The molecular weight excluding hydrogens is 354 g/mol. The SMILES string of the molecule is CCCCCCCCCCCCCCC[C@@H](O)[C@H](CO)NC(=O)CC(O)CC. The van der Waals surface area contributed by atoms with E-state index in [0.29, 0.717) is 12.8 Å². The fourth-order valence-electron chi connectivity index (χ4n) is 3.46. The predicted octanol–water partition coefficient (Wildman–Crippen LogP) is 4.47. The summed E-state index contributed by atoms with van der Waals surface area (Å²) in [7, 11) is 0. The van der Waals surface area contributed by atoms with Gasteiger partial charge in [-0.2, -0.15) is 0 Å². The molecule has 5 nitrogen and oxygen atoms in total. The molecule has 28 heavy (non-hydrogen) atoms. The number of aliphatic hydroxyl groups excluding tert-OH is 3. The zero-order chi connectivity index (χ0) is 21.0. The Hall–Kier alpha value is -0.650. The molecule has 0 aromatic rings. The maximum absolute atomic E-state index is 11.8. The molecule has 0 aliphatic heterocycles. The van der Waals surface area contributed by atoms with Crippen LogP contribution in [0.1, 0.15) is 117 Å². The smallest absolute Gasteiger partial charge is 0.222 e. The molecule has 0 fully saturated rings. The van der Waals surface area contributed by atoms with Gasteiger partial charge in [0.1, 0.15) is 0 Å². The Balaban J connectivity index is 3.58. The van der Waals surface area contributed by atoms with Crippen LogP contribution in [0.15, 0.2) is 0 Å². The highest BCUT2D eigenvalue weighted by Crippen LogP contribution is 2.14. The molecule has 1 amide bonds. The van der Waals surface area contributed by atoms with Crippen LogP contribution in [0.3, 0.4) is 0 Å². The summed E-state index contributed by atoms with van der Waals surface area (Å²) >= 11 is 0. The predicted molar refractivity (Wildman–Crippen MR) is 116 cm³/mol. The van der Waals surface area contributed by atoms with Crippen LogP contribution in [0.25, 0.3) is 0 Å². The van der Waals surface area contributed by atoms with Gasteiger partial charge in [0.15, 0.2) is 0 Å². The van der Waals surface area contributed by atoms with Crippen LogP contribution >= 0.6 is 0 Å². The Labute approximate surface area is 173 Å². The quantitative estimate of drug-likeness (QED) is 0.227. The van der Waals surface area contributed by atoms with E-state index >= 15 is 0 Å². The van der Waals surface area contributed by atoms with Gasteiger partial charge in [-0.05, 0) is 12.8 Å². The van der Waals surface area contributed by atoms with Crippen molar-refractivity contribution in [3.8, 4) is 0 Å². The summed E-state index contributed by atoms with van der Waals surface area (Å²) in [5.74, 6) is -0.321. The van der Waals surface area contributed by atoms with E-state index in [1.807, 2.05) is 6.92 Å². The first-order chi connectivity index (χ1) is 13.5. The van der Waals surface area contributed by atoms with E-state index in [1.165, 1.54) is 70.6 Å². The maximum atomic E-state index is 11.8. The van der Waals surface area contributed by atoms with Crippen LogP contribution < -0.4 is 5.32 Å². The van der Waals surface area contributed by atoms with E-state index in [1.54, 1.807) is 0 Å². The summed E-state index contributed by atoms with van der Waals surface area (Å²) in [5.41, 5.74) is 0. The zero-order valence-corrected chi connectivity index (χ0v) is 18.5. The topological polar surface area (TPSA) is 89.8 Å². The highest BCUT2D eigenvalue weighted by molar-refractivity contribution is 5.76. The fraction of sp³-hybridized carbons (Fsp3) is 0.957. The minimum Gasteiger partial charge on any atom is -0.394 e. The molecule has 1 unspecified atom stereocenters. The lowest BCUT2D eigenvalue weighted by atomic mass is 10.0. The number of rotatable bonds is 20. The summed E-state index contributed by atoms with van der Waals surface area (Å²) < 4.78 is 0. The van der Waals surface area contributed by atoms with Gasteiger partial charge in [0.25, 0.3) is 0 Å². The van der Waals surface area contributed by atoms with Crippen LogP contribution in [0.4, 0.5) is 0 Å². The standard InChI is InChI=1S/C23H47NO4/c1-3-5-6-7-8-9-10-11-12-13-14-15-16-17-22(27)21(19-25)24-23(28)18-20(26)4-2/h20-22,25-27H,3-19H2,1-2H3,(H,24,28)/t20?,21-,22+/m0/s1. The fourth-order valence-corrected chi connectivity index (χ4v) is 3.46. The molecule has 0 saturated carbocycles. The largest absolute Gasteiger partial charge is 0.394 e. The molecule has 0 aromatic carbocycles. The molecule has 0 aliphatic carbocycles. The number of carbonyl (C=O) groups excluding carboxylic acids is 1. The highest BCUT2D eigenvalue weighted by atomic mass is 16.3. The van der Waals surface area contributed by atoms with Crippen LogP contribution in [0.2, 0.25) is 0 Å². The average Bonchev–Trinajstić information content (AvgIpc) is 2.69. The van der Waals surface area contributed by atoms with Crippen molar-refractivity contribution in [3.05, 3.63) is 0 Å². The summed E-state index contributed by atoms with van der Waals surface area (Å²) in [5, 5.41) is 31.7. The third kappa shape index (κ3) is 16.3. The monoisotopic (exact) mass is 401 g/mol. The molecule has 0 aliphatic rings. The summed E-state index contributed by atoms with van der Waals surface area (Å²) in [6.45, 7) is 3.78. The van der Waals surface area contributed by atoms with Crippen molar-refractivity contribution in [2.75, 3.05) is 6.61 Å². The second-order valence-corrected chi connectivity index (χ2v) is 8.22. The molecule has 3 atom stereocenters. The molecule has 4 N–H and O–H groups in total. The van der Waals surface area contributed by atoms with E-state index in [0.717, 1.165) is 12.8 Å². The van der Waals surface area contributed by atoms with E-state index in [4.69, 9.17) is 0 Å². The minimum absolute atomic E-state index is 0.0124. The molecule has 0 spiro atoms. The first-order valence-corrected chi connectivity index (χ1v) is 11.8. The number of hydrogen-bond acceptors (Lipinski definition) is 4. The van der Waals surface area contributed by atoms with E-state index < -0.39 is 18.2 Å². The number of amides is 1. The second-order valence-electron chi connectivity index (χ2n) is 8.22. The number of unbranched alkanes of at least 4 members (excludes halogenated alkanes) is 12. The van der Waals surface area contributed by atoms with Crippen LogP contribution in [-0.2, 0) is 4.79 Å². The van der Waals surface area contributed by atoms with Crippen LogP contribution in [-0.4, -0.2) is 46.1 Å². The molecule has 0 radical (unpaired) electrons. The average molecular weight is 402 g/mol. The lowest BCUT2D eigenvalue weighted by molar-refractivity contribution is -0.125. The first kappa shape index (κ1) is 27.4. The molecule has 168 valence electrons. The van der Waals surface area contributed by atoms with Crippen molar-refractivity contribution in [3.63, 3.8) is 0 Å². The Morgan fingerprint density at radius 1 is 0.786 bits per heavy atom. The van der Waals surface area contributed by atoms with E-state index in [2.05, 4.69) is 12.2 Å². The molecule has 0 aromatic heterocycles. The van der Waals surface area contributed by atoms with Gasteiger partial charge in [0.2, 0.25) is 5.91 Å². The maximum Gasteiger partial charge on any atom is 0.222 e. The van der Waals surface area contributed by atoms with Gasteiger partial charge in [0.05, 0.1) is 31.3 Å². The summed E-state index contributed by atoms with van der Waals surface area (Å²) in [6, 6.07) is -0.645. The van der Waals surface area contributed by atoms with Crippen molar-refractivity contribution in [1.82, 2.24) is 5.32 Å². The van der Waals surface area contributed by atoms with Gasteiger partial charge in [-0.1, -0.05) is 97.3 Å². The normalized spacial score (nSPS) is 14.6. The van der Waals surface area contributed by atoms with Gasteiger partial charge in [-0.3, -0.25) is 4.79 Å². The van der Waals surface area contributed by atoms with Gasteiger partial charge in [-0.15, -0.1) is 0 Å². The van der Waals surface area contributed by atoms with Crippen molar-refractivity contribution < 1.29 is 20.1 Å². The van der Waals surface area contributed by atoms with E-state index in [-0.39, 0.29) is 18.9 Å². The Morgan fingerprint density at radius 3 is 1.68 bits per heavy atom. The molecular formula is C23H47NO4. The van der Waals surface area contributed by atoms with Crippen molar-refractivity contribution in [2.24, 2.45) is 0 Å². The van der Waals surface area contributed by atoms with Crippen LogP contribution in [0.5, 0.6) is 0 Å². The molecule has 0 saturated heterocycles. The minimum atomic E-state index is -0.736. The van der Waals surface area contributed by atoms with E-state index in [9.17, 15) is 20.1 Å². The first-order valence-electron chi connectivity index (χ1n) is 11.8. The van der Waals surface area contributed by atoms with Crippen molar-refractivity contribution >= 4 is 5.91 Å². The summed E-state index contributed by atoms with van der Waals surface area (Å²) in [6.07, 6.45) is 16.3. The number of nitrogens with one attached hydrogen (secondary N) is 1. The second kappa shape index (κ2) is 19.7. The molecule has 0 bridgehead atoms. The Bertz CT molecular complexity index is 351. The Kier molecular flexibility index (Phi) is 19.2. The number of carbonyl (C=O) groups is 1. The lowest BCUT2D eigenvalue weighted by Gasteiger charge is -2.22. The van der Waals surface area contributed by atoms with Gasteiger partial charge in [-0.25, -0.2) is 0 Å². The zero-order valence-electron chi connectivity index (χ0n) is 18.5. The highest BCUT2D eigenvalue weighted by Gasteiger charge is 2.21. The molecule has 0 rings (SSSR count).